The fraction of sp³-hybridized carbons (Fsp3) is 0.450. The first-order chi connectivity index (χ1) is 13.5. The van der Waals surface area contributed by atoms with Gasteiger partial charge in [-0.05, 0) is 18.1 Å². The van der Waals surface area contributed by atoms with Gasteiger partial charge < -0.3 is 9.64 Å². The van der Waals surface area contributed by atoms with E-state index in [1.54, 1.807) is 28.8 Å². The van der Waals surface area contributed by atoms with E-state index >= 15 is 0 Å². The molecule has 1 aromatic heterocycles. The molecule has 0 aliphatic carbocycles. The van der Waals surface area contributed by atoms with Crippen LogP contribution in [0, 0.1) is 11.7 Å². The Morgan fingerprint density at radius 2 is 2.04 bits per heavy atom. The van der Waals surface area contributed by atoms with Gasteiger partial charge in [-0.15, -0.1) is 16.8 Å². The molecule has 1 unspecified atom stereocenters. The minimum atomic E-state index is -0.360. The highest BCUT2D eigenvalue weighted by Gasteiger charge is 2.31. The van der Waals surface area contributed by atoms with E-state index in [2.05, 4.69) is 16.8 Å². The molecule has 1 fully saturated rings. The number of aromatic nitrogens is 3. The maximum Gasteiger partial charge on any atom is 0.236 e. The average molecular weight is 405 g/mol. The van der Waals surface area contributed by atoms with Crippen LogP contribution in [0.3, 0.4) is 0 Å². The summed E-state index contributed by atoms with van der Waals surface area (Å²) in [5.41, 5.74) is 0.379. The van der Waals surface area contributed by atoms with Gasteiger partial charge in [0.1, 0.15) is 5.82 Å². The summed E-state index contributed by atoms with van der Waals surface area (Å²) in [5, 5.41) is 8.75. The Labute approximate surface area is 168 Å². The number of amides is 1. The quantitative estimate of drug-likeness (QED) is 0.524. The largest absolute Gasteiger partial charge is 0.378 e. The summed E-state index contributed by atoms with van der Waals surface area (Å²) < 4.78 is 21.4. The lowest BCUT2D eigenvalue weighted by Crippen LogP contribution is -2.46. The molecular weight excluding hydrogens is 379 g/mol. The number of hydrogen-bond donors (Lipinski definition) is 0. The Kier molecular flexibility index (Phi) is 6.85. The van der Waals surface area contributed by atoms with Crippen molar-refractivity contribution in [3.8, 4) is 11.4 Å². The lowest BCUT2D eigenvalue weighted by molar-refractivity contribution is -0.135. The summed E-state index contributed by atoms with van der Waals surface area (Å²) in [6.45, 7) is 10.6. The van der Waals surface area contributed by atoms with Crippen LogP contribution in [0.15, 0.2) is 42.1 Å². The zero-order valence-corrected chi connectivity index (χ0v) is 17.0. The summed E-state index contributed by atoms with van der Waals surface area (Å²) in [4.78, 5) is 14.9. The van der Waals surface area contributed by atoms with Gasteiger partial charge in [0.2, 0.25) is 5.91 Å². The summed E-state index contributed by atoms with van der Waals surface area (Å²) in [6.07, 6.45) is 1.71. The molecule has 0 spiro atoms. The van der Waals surface area contributed by atoms with Crippen LogP contribution in [0.25, 0.3) is 11.4 Å². The molecule has 1 atom stereocenters. The monoisotopic (exact) mass is 404 g/mol. The Balaban J connectivity index is 1.90. The van der Waals surface area contributed by atoms with Crippen molar-refractivity contribution < 1.29 is 13.9 Å². The van der Waals surface area contributed by atoms with Gasteiger partial charge in [-0.2, -0.15) is 0 Å². The Bertz CT molecular complexity index is 833. The van der Waals surface area contributed by atoms with Crippen molar-refractivity contribution in [2.45, 2.75) is 30.8 Å². The summed E-state index contributed by atoms with van der Waals surface area (Å²) >= 11 is 1.37. The molecule has 1 amide bonds. The molecular formula is C20H25FN4O2S. The van der Waals surface area contributed by atoms with Crippen LogP contribution in [0.4, 0.5) is 4.39 Å². The van der Waals surface area contributed by atoms with Crippen molar-refractivity contribution in [1.82, 2.24) is 19.7 Å². The molecule has 0 saturated carbocycles. The minimum absolute atomic E-state index is 0.0731. The number of allylic oxidation sites excluding steroid dienone is 1. The molecule has 0 bridgehead atoms. The fourth-order valence-electron chi connectivity index (χ4n) is 3.06. The van der Waals surface area contributed by atoms with Gasteiger partial charge in [0.15, 0.2) is 11.0 Å². The van der Waals surface area contributed by atoms with Crippen LogP contribution in [0.1, 0.15) is 13.8 Å². The Morgan fingerprint density at radius 1 is 1.32 bits per heavy atom. The highest BCUT2D eigenvalue weighted by molar-refractivity contribution is 8.00. The van der Waals surface area contributed by atoms with Gasteiger partial charge in [-0.3, -0.25) is 9.36 Å². The second-order valence-corrected chi connectivity index (χ2v) is 8.01. The van der Waals surface area contributed by atoms with E-state index in [4.69, 9.17) is 4.74 Å². The first kappa shape index (κ1) is 20.5. The third-order valence-corrected chi connectivity index (χ3v) is 6.06. The molecule has 1 aliphatic heterocycles. The topological polar surface area (TPSA) is 60.2 Å². The molecule has 2 heterocycles. The van der Waals surface area contributed by atoms with E-state index in [1.165, 1.54) is 17.8 Å². The van der Waals surface area contributed by atoms with E-state index in [0.717, 1.165) is 0 Å². The molecule has 28 heavy (non-hydrogen) atoms. The first-order valence-electron chi connectivity index (χ1n) is 9.35. The molecule has 6 nitrogen and oxygen atoms in total. The summed E-state index contributed by atoms with van der Waals surface area (Å²) in [7, 11) is 0. The van der Waals surface area contributed by atoms with Gasteiger partial charge in [0, 0.05) is 19.6 Å². The predicted octanol–water partition coefficient (Wildman–Crippen LogP) is 3.25. The predicted molar refractivity (Wildman–Crippen MR) is 107 cm³/mol. The average Bonchev–Trinajstić information content (AvgIpc) is 3.09. The number of rotatable bonds is 7. The molecule has 3 rings (SSSR count). The van der Waals surface area contributed by atoms with Crippen LogP contribution >= 0.6 is 11.8 Å². The molecule has 150 valence electrons. The first-order valence-corrected chi connectivity index (χ1v) is 10.2. The van der Waals surface area contributed by atoms with Crippen molar-refractivity contribution in [2.24, 2.45) is 5.92 Å². The minimum Gasteiger partial charge on any atom is -0.378 e. The molecule has 0 radical (unpaired) electrons. The maximum atomic E-state index is 14.3. The molecule has 8 heteroatoms. The van der Waals surface area contributed by atoms with Crippen LogP contribution in [-0.2, 0) is 16.1 Å². The summed E-state index contributed by atoms with van der Waals surface area (Å²) in [6, 6.07) is 6.47. The summed E-state index contributed by atoms with van der Waals surface area (Å²) in [5.74, 6) is 0.249. The van der Waals surface area contributed by atoms with Gasteiger partial charge in [-0.1, -0.05) is 43.8 Å². The van der Waals surface area contributed by atoms with Crippen LogP contribution in [0.5, 0.6) is 0 Å². The van der Waals surface area contributed by atoms with Crippen molar-refractivity contribution in [1.29, 1.82) is 0 Å². The highest BCUT2D eigenvalue weighted by atomic mass is 32.2. The van der Waals surface area contributed by atoms with E-state index in [1.807, 2.05) is 18.7 Å². The molecule has 2 aromatic rings. The molecule has 1 aliphatic rings. The maximum absolute atomic E-state index is 14.3. The number of carbonyl (C=O) groups is 1. The van der Waals surface area contributed by atoms with E-state index < -0.39 is 0 Å². The number of benzene rings is 1. The van der Waals surface area contributed by atoms with Crippen molar-refractivity contribution in [3.63, 3.8) is 0 Å². The van der Waals surface area contributed by atoms with Gasteiger partial charge in [-0.25, -0.2) is 4.39 Å². The Morgan fingerprint density at radius 3 is 2.68 bits per heavy atom. The van der Waals surface area contributed by atoms with Gasteiger partial charge in [0.05, 0.1) is 24.0 Å². The second-order valence-electron chi connectivity index (χ2n) is 6.91. The number of hydrogen-bond acceptors (Lipinski definition) is 5. The lowest BCUT2D eigenvalue weighted by Gasteiger charge is -2.31. The zero-order chi connectivity index (χ0) is 20.1. The number of ether oxygens (including phenoxy) is 1. The van der Waals surface area contributed by atoms with E-state index in [-0.39, 0.29) is 22.9 Å². The lowest BCUT2D eigenvalue weighted by atomic mass is 10.1. The van der Waals surface area contributed by atoms with Crippen molar-refractivity contribution >= 4 is 17.7 Å². The SMILES string of the molecule is C=CCn1c(SC(C(=O)N2CCOCC2)C(C)C)nnc1-c1ccccc1F. The fourth-order valence-corrected chi connectivity index (χ4v) is 4.19. The number of halogens is 1. The third-order valence-electron chi connectivity index (χ3n) is 4.55. The van der Waals surface area contributed by atoms with Crippen LogP contribution in [-0.4, -0.2) is 57.1 Å². The zero-order valence-electron chi connectivity index (χ0n) is 16.2. The van der Waals surface area contributed by atoms with Gasteiger partial charge >= 0.3 is 0 Å². The normalized spacial score (nSPS) is 15.6. The number of thioether (sulfide) groups is 1. The van der Waals surface area contributed by atoms with E-state index in [9.17, 15) is 9.18 Å². The molecule has 0 N–H and O–H groups in total. The Hall–Kier alpha value is -2.19. The highest BCUT2D eigenvalue weighted by Crippen LogP contribution is 2.32. The standard InChI is InChI=1S/C20H25FN4O2S/c1-4-9-25-18(15-7-5-6-8-16(15)21)22-23-20(25)28-17(14(2)3)19(26)24-10-12-27-13-11-24/h4-8,14,17H,1,9-13H2,2-3H3. The number of nitrogens with zero attached hydrogens (tertiary/aromatic N) is 4. The van der Waals surface area contributed by atoms with Crippen molar-refractivity contribution in [2.75, 3.05) is 26.3 Å². The molecule has 1 aromatic carbocycles. The number of carbonyl (C=O) groups excluding carboxylic acids is 1. The van der Waals surface area contributed by atoms with E-state index in [0.29, 0.717) is 49.4 Å². The van der Waals surface area contributed by atoms with Crippen LogP contribution < -0.4 is 0 Å². The molecule has 1 saturated heterocycles. The number of morpholine rings is 1. The van der Waals surface area contributed by atoms with Crippen molar-refractivity contribution in [3.05, 3.63) is 42.7 Å². The second kappa shape index (κ2) is 9.34. The smallest absolute Gasteiger partial charge is 0.236 e. The van der Waals surface area contributed by atoms with Gasteiger partial charge in [0.25, 0.3) is 0 Å². The van der Waals surface area contributed by atoms with Crippen LogP contribution in [0.2, 0.25) is 0 Å². The third kappa shape index (κ3) is 4.44.